The third-order valence-corrected chi connectivity index (χ3v) is 8.15. The van der Waals surface area contributed by atoms with Crippen LogP contribution >= 0.6 is 11.6 Å². The molecule has 0 radical (unpaired) electrons. The van der Waals surface area contributed by atoms with Gasteiger partial charge in [0.15, 0.2) is 0 Å². The number of ether oxygens (including phenoxy) is 5. The Hall–Kier alpha value is -3.31. The number of halogens is 1. The summed E-state index contributed by atoms with van der Waals surface area (Å²) in [6, 6.07) is 30.5. The molecule has 0 aliphatic heterocycles. The highest BCUT2D eigenvalue weighted by Crippen LogP contribution is 2.42. The van der Waals surface area contributed by atoms with Crippen LogP contribution in [0.1, 0.15) is 56.2 Å². The average molecular weight is 713 g/mol. The predicted octanol–water partition coefficient (Wildman–Crippen LogP) is 6.16. The van der Waals surface area contributed by atoms with Crippen molar-refractivity contribution in [2.24, 2.45) is 0 Å². The minimum Gasteiger partial charge on any atom is -0.379 e. The van der Waals surface area contributed by atoms with Crippen molar-refractivity contribution in [2.75, 3.05) is 85.0 Å². The van der Waals surface area contributed by atoms with Gasteiger partial charge in [-0.2, -0.15) is 0 Å². The van der Waals surface area contributed by atoms with Crippen LogP contribution in [0.5, 0.6) is 0 Å². The number of alkyl halides is 1. The zero-order valence-corrected chi connectivity index (χ0v) is 29.4. The van der Waals surface area contributed by atoms with E-state index in [-0.39, 0.29) is 32.3 Å². The summed E-state index contributed by atoms with van der Waals surface area (Å²) < 4.78 is 27.5. The molecule has 0 saturated heterocycles. The van der Waals surface area contributed by atoms with Crippen molar-refractivity contribution in [2.45, 2.75) is 44.9 Å². The van der Waals surface area contributed by atoms with Crippen molar-refractivity contribution >= 4 is 23.4 Å². The summed E-state index contributed by atoms with van der Waals surface area (Å²) in [4.78, 5) is 25.3. The van der Waals surface area contributed by atoms with E-state index >= 15 is 0 Å². The molecule has 0 aliphatic rings. The first-order valence-electron chi connectivity index (χ1n) is 17.3. The molecule has 0 atom stereocenters. The maximum Gasteiger partial charge on any atom is 0.246 e. The summed E-state index contributed by atoms with van der Waals surface area (Å²) in [5.41, 5.74) is 2.54. The zero-order valence-electron chi connectivity index (χ0n) is 28.6. The molecule has 3 rings (SSSR count). The molecule has 10 heteroatoms. The molecule has 50 heavy (non-hydrogen) atoms. The van der Waals surface area contributed by atoms with E-state index in [4.69, 9.17) is 35.3 Å². The van der Waals surface area contributed by atoms with Crippen molar-refractivity contribution in [3.63, 3.8) is 0 Å². The number of carbonyl (C=O) groups is 2. The molecule has 0 saturated carbocycles. The first-order chi connectivity index (χ1) is 24.2. The molecule has 2 amide bonds. The van der Waals surface area contributed by atoms with Crippen LogP contribution < -0.4 is 10.6 Å². The second-order valence-electron chi connectivity index (χ2n) is 11.5. The van der Waals surface area contributed by atoms with Gasteiger partial charge in [-0.15, -0.1) is 11.6 Å². The van der Waals surface area contributed by atoms with Gasteiger partial charge in [0.1, 0.15) is 6.61 Å². The molecule has 3 aromatic carbocycles. The molecule has 2 N–H and O–H groups in total. The van der Waals surface area contributed by atoms with Crippen LogP contribution in [-0.4, -0.2) is 96.9 Å². The summed E-state index contributed by atoms with van der Waals surface area (Å²) in [5.74, 6) is 0.462. The predicted molar refractivity (Wildman–Crippen MR) is 200 cm³/mol. The fourth-order valence-electron chi connectivity index (χ4n) is 5.43. The highest BCUT2D eigenvalue weighted by molar-refractivity contribution is 6.17. The SMILES string of the molecule is C.O=C(COCCOCCOCCNC(=O)CC(c1ccccc1)(c1ccccc1)c1ccccc1)NCCOCCOCCCCCCCl. The molecule has 0 spiro atoms. The summed E-state index contributed by atoms with van der Waals surface area (Å²) in [5, 5.41) is 5.79. The second kappa shape index (κ2) is 27.4. The molecule has 9 nitrogen and oxygen atoms in total. The molecule has 276 valence electrons. The van der Waals surface area contributed by atoms with Crippen LogP contribution in [-0.2, 0) is 38.7 Å². The van der Waals surface area contributed by atoms with Crippen molar-refractivity contribution in [1.29, 1.82) is 0 Å². The molecule has 0 aliphatic carbocycles. The minimum atomic E-state index is -0.639. The maximum atomic E-state index is 13.4. The molecule has 0 heterocycles. The van der Waals surface area contributed by atoms with Crippen molar-refractivity contribution in [3.05, 3.63) is 108 Å². The normalized spacial score (nSPS) is 11.1. The minimum absolute atomic E-state index is 0. The fraction of sp³-hybridized carbons (Fsp3) is 0.500. The van der Waals surface area contributed by atoms with Crippen LogP contribution in [0.25, 0.3) is 0 Å². The molecule has 0 fully saturated rings. The Kier molecular flexibility index (Phi) is 23.5. The first-order valence-corrected chi connectivity index (χ1v) is 17.8. The summed E-state index contributed by atoms with van der Waals surface area (Å²) in [7, 11) is 0. The maximum absolute atomic E-state index is 13.4. The number of rotatable bonds is 28. The average Bonchev–Trinajstić information content (AvgIpc) is 3.14. The Bertz CT molecular complexity index is 1170. The Balaban J connectivity index is 0.00000867. The lowest BCUT2D eigenvalue weighted by molar-refractivity contribution is -0.126. The number of carbonyl (C=O) groups excluding carboxylic acids is 2. The summed E-state index contributed by atoms with van der Waals surface area (Å²) >= 11 is 5.66. The monoisotopic (exact) mass is 712 g/mol. The molecule has 0 bridgehead atoms. The van der Waals surface area contributed by atoms with E-state index in [1.54, 1.807) is 0 Å². The third-order valence-electron chi connectivity index (χ3n) is 7.88. The van der Waals surface area contributed by atoms with Gasteiger partial charge in [-0.05, 0) is 29.5 Å². The first kappa shape index (κ1) is 42.9. The number of nitrogens with one attached hydrogen (secondary N) is 2. The van der Waals surface area contributed by atoms with Crippen LogP contribution in [0.3, 0.4) is 0 Å². The largest absolute Gasteiger partial charge is 0.379 e. The highest BCUT2D eigenvalue weighted by Gasteiger charge is 2.38. The van der Waals surface area contributed by atoms with E-state index in [1.165, 1.54) is 0 Å². The Labute approximate surface area is 304 Å². The summed E-state index contributed by atoms with van der Waals surface area (Å²) in [6.07, 6.45) is 4.62. The molecule has 0 unspecified atom stereocenters. The van der Waals surface area contributed by atoms with Gasteiger partial charge in [-0.25, -0.2) is 0 Å². The number of amides is 2. The van der Waals surface area contributed by atoms with Crippen molar-refractivity contribution in [1.82, 2.24) is 10.6 Å². The van der Waals surface area contributed by atoms with E-state index in [0.29, 0.717) is 65.9 Å². The lowest BCUT2D eigenvalue weighted by Crippen LogP contribution is -2.38. The van der Waals surface area contributed by atoms with Crippen molar-refractivity contribution in [3.8, 4) is 0 Å². The number of hydrogen-bond acceptors (Lipinski definition) is 7. The molecule has 3 aromatic rings. The van der Waals surface area contributed by atoms with Crippen LogP contribution in [0, 0.1) is 0 Å². The Morgan fingerprint density at radius 1 is 0.500 bits per heavy atom. The standard InChI is InChI=1S/C39H53ClN2O7.CH4/c40-20-12-1-2-13-23-45-26-27-47-25-22-42-38(44)33-49-31-30-48-29-28-46-24-21-41-37(43)32-39(34-14-6-3-7-15-34,35-16-8-4-9-17-35)36-18-10-5-11-19-36;/h3-11,14-19H,1-2,12-13,20-33H2,(H,41,43)(H,42,44);1H4. The van der Waals surface area contributed by atoms with Gasteiger partial charge in [0.25, 0.3) is 0 Å². The van der Waals surface area contributed by atoms with Gasteiger partial charge in [0, 0.05) is 32.0 Å². The van der Waals surface area contributed by atoms with Gasteiger partial charge < -0.3 is 34.3 Å². The van der Waals surface area contributed by atoms with Gasteiger partial charge in [-0.3, -0.25) is 9.59 Å². The van der Waals surface area contributed by atoms with Crippen LogP contribution in [0.15, 0.2) is 91.0 Å². The highest BCUT2D eigenvalue weighted by atomic mass is 35.5. The van der Waals surface area contributed by atoms with Gasteiger partial charge in [0.05, 0.1) is 58.3 Å². The zero-order chi connectivity index (χ0) is 34.7. The molecular formula is C40H57ClN2O7. The van der Waals surface area contributed by atoms with E-state index < -0.39 is 5.41 Å². The summed E-state index contributed by atoms with van der Waals surface area (Å²) in [6.45, 7) is 4.78. The van der Waals surface area contributed by atoms with Gasteiger partial charge >= 0.3 is 0 Å². The van der Waals surface area contributed by atoms with E-state index in [2.05, 4.69) is 47.0 Å². The topological polar surface area (TPSA) is 104 Å². The van der Waals surface area contributed by atoms with Crippen LogP contribution in [0.2, 0.25) is 0 Å². The third kappa shape index (κ3) is 16.6. The van der Waals surface area contributed by atoms with Crippen molar-refractivity contribution < 1.29 is 33.3 Å². The molecular weight excluding hydrogens is 656 g/mol. The second-order valence-corrected chi connectivity index (χ2v) is 11.9. The van der Waals surface area contributed by atoms with E-state index in [0.717, 1.165) is 54.9 Å². The van der Waals surface area contributed by atoms with Gasteiger partial charge in [0.2, 0.25) is 11.8 Å². The lowest BCUT2D eigenvalue weighted by atomic mass is 9.67. The number of unbranched alkanes of at least 4 members (excludes halogenated alkanes) is 3. The molecule has 0 aromatic heterocycles. The lowest BCUT2D eigenvalue weighted by Gasteiger charge is -2.35. The quantitative estimate of drug-likeness (QED) is 0.0528. The smallest absolute Gasteiger partial charge is 0.246 e. The number of benzene rings is 3. The van der Waals surface area contributed by atoms with E-state index in [9.17, 15) is 9.59 Å². The Morgan fingerprint density at radius 3 is 1.38 bits per heavy atom. The van der Waals surface area contributed by atoms with Gasteiger partial charge in [-0.1, -0.05) is 111 Å². The fourth-order valence-corrected chi connectivity index (χ4v) is 5.62. The number of hydrogen-bond donors (Lipinski definition) is 2. The van der Waals surface area contributed by atoms with Crippen LogP contribution in [0.4, 0.5) is 0 Å². The van der Waals surface area contributed by atoms with E-state index in [1.807, 2.05) is 54.6 Å². The Morgan fingerprint density at radius 2 is 0.900 bits per heavy atom.